The van der Waals surface area contributed by atoms with Crippen molar-refractivity contribution < 1.29 is 14.3 Å². The highest BCUT2D eigenvalue weighted by Crippen LogP contribution is 2.38. The summed E-state index contributed by atoms with van der Waals surface area (Å²) in [6.07, 6.45) is 4.65. The smallest absolute Gasteiger partial charge is 0.231 e. The normalized spacial score (nSPS) is 23.4. The van der Waals surface area contributed by atoms with Gasteiger partial charge >= 0.3 is 0 Å². The first-order chi connectivity index (χ1) is 12.2. The molecule has 25 heavy (non-hydrogen) atoms. The third kappa shape index (κ3) is 2.78. The topological polar surface area (TPSA) is 60.5 Å². The van der Waals surface area contributed by atoms with Crippen LogP contribution in [0.15, 0.2) is 37.1 Å². The van der Waals surface area contributed by atoms with Crippen molar-refractivity contribution in [3.8, 4) is 11.5 Å². The van der Waals surface area contributed by atoms with Crippen molar-refractivity contribution in [1.29, 1.82) is 0 Å². The van der Waals surface area contributed by atoms with Gasteiger partial charge in [-0.1, -0.05) is 13.0 Å². The molecule has 2 aromatic rings. The van der Waals surface area contributed by atoms with Crippen LogP contribution in [0, 0.1) is 17.8 Å². The SMILES string of the molecule is C=C[C@H]1CNCC[C@H]1C(C)C(=O)c1ccnc2cc3c(cc12)OCO3. The Morgan fingerprint density at radius 2 is 2.20 bits per heavy atom. The molecule has 0 saturated carbocycles. The number of fused-ring (bicyclic) bond motifs is 2. The second-order valence-electron chi connectivity index (χ2n) is 6.79. The van der Waals surface area contributed by atoms with E-state index in [0.29, 0.717) is 28.9 Å². The van der Waals surface area contributed by atoms with Crippen molar-refractivity contribution in [2.45, 2.75) is 13.3 Å². The van der Waals surface area contributed by atoms with Gasteiger partial charge in [-0.2, -0.15) is 0 Å². The zero-order chi connectivity index (χ0) is 17.4. The number of aromatic nitrogens is 1. The van der Waals surface area contributed by atoms with E-state index in [2.05, 4.69) is 16.9 Å². The Kier molecular flexibility index (Phi) is 4.17. The molecule has 2 aliphatic rings. The molecule has 3 heterocycles. The Bertz CT molecular complexity index is 833. The molecule has 1 fully saturated rings. The molecule has 5 heteroatoms. The largest absolute Gasteiger partial charge is 0.454 e. The molecule has 4 rings (SSSR count). The van der Waals surface area contributed by atoms with E-state index >= 15 is 0 Å². The molecule has 0 radical (unpaired) electrons. The number of benzene rings is 1. The van der Waals surface area contributed by atoms with E-state index in [9.17, 15) is 4.79 Å². The Balaban J connectivity index is 1.71. The highest BCUT2D eigenvalue weighted by Gasteiger charge is 2.32. The van der Waals surface area contributed by atoms with Crippen molar-refractivity contribution in [2.24, 2.45) is 17.8 Å². The van der Waals surface area contributed by atoms with Crippen LogP contribution in [0.2, 0.25) is 0 Å². The number of rotatable bonds is 4. The van der Waals surface area contributed by atoms with Gasteiger partial charge in [-0.3, -0.25) is 9.78 Å². The quantitative estimate of drug-likeness (QED) is 0.685. The van der Waals surface area contributed by atoms with Crippen LogP contribution in [0.1, 0.15) is 23.7 Å². The molecule has 1 unspecified atom stereocenters. The first-order valence-electron chi connectivity index (χ1n) is 8.75. The Morgan fingerprint density at radius 1 is 1.40 bits per heavy atom. The van der Waals surface area contributed by atoms with Crippen LogP contribution in [-0.4, -0.2) is 30.6 Å². The fraction of sp³-hybridized carbons (Fsp3) is 0.400. The number of carbonyl (C=O) groups is 1. The van der Waals surface area contributed by atoms with Crippen LogP contribution < -0.4 is 14.8 Å². The van der Waals surface area contributed by atoms with Gasteiger partial charge in [0.05, 0.1) is 5.52 Å². The van der Waals surface area contributed by atoms with Gasteiger partial charge in [-0.05, 0) is 36.9 Å². The molecule has 5 nitrogen and oxygen atoms in total. The third-order valence-electron chi connectivity index (χ3n) is 5.44. The summed E-state index contributed by atoms with van der Waals surface area (Å²) >= 11 is 0. The van der Waals surface area contributed by atoms with Gasteiger partial charge in [0.25, 0.3) is 0 Å². The van der Waals surface area contributed by atoms with Gasteiger partial charge in [-0.25, -0.2) is 0 Å². The second-order valence-corrected chi connectivity index (χ2v) is 6.79. The summed E-state index contributed by atoms with van der Waals surface area (Å²) in [6.45, 7) is 8.03. The summed E-state index contributed by atoms with van der Waals surface area (Å²) in [6, 6.07) is 5.53. The summed E-state index contributed by atoms with van der Waals surface area (Å²) in [5.41, 5.74) is 1.46. The zero-order valence-electron chi connectivity index (χ0n) is 14.3. The number of ether oxygens (including phenoxy) is 2. The second kappa shape index (κ2) is 6.48. The highest BCUT2D eigenvalue weighted by atomic mass is 16.7. The number of nitrogens with zero attached hydrogens (tertiary/aromatic N) is 1. The van der Waals surface area contributed by atoms with Gasteiger partial charge in [0, 0.05) is 35.7 Å². The lowest BCUT2D eigenvalue weighted by Crippen LogP contribution is -2.40. The van der Waals surface area contributed by atoms with Gasteiger partial charge < -0.3 is 14.8 Å². The molecule has 130 valence electrons. The van der Waals surface area contributed by atoms with Gasteiger partial charge in [0.2, 0.25) is 6.79 Å². The lowest BCUT2D eigenvalue weighted by molar-refractivity contribution is 0.0843. The maximum Gasteiger partial charge on any atom is 0.231 e. The highest BCUT2D eigenvalue weighted by molar-refractivity contribution is 6.08. The van der Waals surface area contributed by atoms with Crippen LogP contribution in [0.5, 0.6) is 11.5 Å². The van der Waals surface area contributed by atoms with E-state index in [-0.39, 0.29) is 18.5 Å². The van der Waals surface area contributed by atoms with Crippen LogP contribution in [0.4, 0.5) is 0 Å². The number of hydrogen-bond donors (Lipinski definition) is 1. The molecule has 1 aromatic carbocycles. The van der Waals surface area contributed by atoms with Gasteiger partial charge in [-0.15, -0.1) is 6.58 Å². The molecule has 2 aliphatic heterocycles. The lowest BCUT2D eigenvalue weighted by Gasteiger charge is -2.34. The molecule has 3 atom stereocenters. The van der Waals surface area contributed by atoms with E-state index in [1.54, 1.807) is 6.20 Å². The van der Waals surface area contributed by atoms with E-state index in [0.717, 1.165) is 30.4 Å². The summed E-state index contributed by atoms with van der Waals surface area (Å²) in [5, 5.41) is 4.21. The van der Waals surface area contributed by atoms with Crippen LogP contribution in [0.3, 0.4) is 0 Å². The fourth-order valence-electron chi connectivity index (χ4n) is 3.97. The van der Waals surface area contributed by atoms with E-state index in [4.69, 9.17) is 9.47 Å². The third-order valence-corrected chi connectivity index (χ3v) is 5.44. The minimum absolute atomic E-state index is 0.0684. The fourth-order valence-corrected chi connectivity index (χ4v) is 3.97. The minimum atomic E-state index is -0.0684. The first-order valence-corrected chi connectivity index (χ1v) is 8.75. The molecular formula is C20H22N2O3. The molecule has 0 amide bonds. The van der Waals surface area contributed by atoms with Gasteiger partial charge in [0.15, 0.2) is 17.3 Å². The van der Waals surface area contributed by atoms with Crippen molar-refractivity contribution >= 4 is 16.7 Å². The van der Waals surface area contributed by atoms with Crippen LogP contribution in [-0.2, 0) is 0 Å². The Morgan fingerprint density at radius 3 is 3.00 bits per heavy atom. The Hall–Kier alpha value is -2.40. The first kappa shape index (κ1) is 16.1. The van der Waals surface area contributed by atoms with E-state index in [1.807, 2.05) is 31.2 Å². The van der Waals surface area contributed by atoms with Crippen molar-refractivity contribution in [1.82, 2.24) is 10.3 Å². The van der Waals surface area contributed by atoms with E-state index < -0.39 is 0 Å². The molecule has 1 aromatic heterocycles. The van der Waals surface area contributed by atoms with Crippen molar-refractivity contribution in [2.75, 3.05) is 19.9 Å². The molecule has 0 bridgehead atoms. The number of hydrogen-bond acceptors (Lipinski definition) is 5. The molecule has 0 spiro atoms. The van der Waals surface area contributed by atoms with E-state index in [1.165, 1.54) is 0 Å². The average molecular weight is 338 g/mol. The Labute approximate surface area is 147 Å². The number of piperidine rings is 1. The van der Waals surface area contributed by atoms with Crippen molar-refractivity contribution in [3.05, 3.63) is 42.6 Å². The van der Waals surface area contributed by atoms with Crippen LogP contribution >= 0.6 is 0 Å². The predicted molar refractivity (Wildman–Crippen MR) is 96.0 cm³/mol. The van der Waals surface area contributed by atoms with Crippen molar-refractivity contribution in [3.63, 3.8) is 0 Å². The average Bonchev–Trinajstić information content (AvgIpc) is 3.11. The predicted octanol–water partition coefficient (Wildman–Crippen LogP) is 3.19. The summed E-state index contributed by atoms with van der Waals surface area (Å²) in [7, 11) is 0. The standard InChI is InChI=1S/C20H22N2O3/c1-3-13-10-21-6-4-14(13)12(2)20(23)15-5-7-22-17-9-19-18(8-16(15)17)24-11-25-19/h3,5,7-9,12-14,21H,1,4,6,10-11H2,2H3/t12?,13-,14-/m0/s1. The monoisotopic (exact) mass is 338 g/mol. The molecule has 1 N–H and O–H groups in total. The number of pyridine rings is 1. The maximum absolute atomic E-state index is 13.3. The summed E-state index contributed by atoms with van der Waals surface area (Å²) < 4.78 is 10.9. The molecule has 1 saturated heterocycles. The number of nitrogens with one attached hydrogen (secondary N) is 1. The summed E-state index contributed by atoms with van der Waals surface area (Å²) in [4.78, 5) is 17.7. The lowest BCUT2D eigenvalue weighted by atomic mass is 9.75. The number of carbonyl (C=O) groups excluding carboxylic acids is 1. The van der Waals surface area contributed by atoms with Crippen LogP contribution in [0.25, 0.3) is 10.9 Å². The minimum Gasteiger partial charge on any atom is -0.454 e. The molecule has 0 aliphatic carbocycles. The maximum atomic E-state index is 13.3. The molecular weight excluding hydrogens is 316 g/mol. The number of ketones is 1. The van der Waals surface area contributed by atoms with Gasteiger partial charge in [0.1, 0.15) is 0 Å². The number of Topliss-reactive ketones (excluding diaryl/α,β-unsaturated/α-hetero) is 1. The zero-order valence-corrected chi connectivity index (χ0v) is 14.3. The summed E-state index contributed by atoms with van der Waals surface area (Å²) in [5.74, 6) is 2.08.